The summed E-state index contributed by atoms with van der Waals surface area (Å²) in [6.07, 6.45) is 0.499. The number of ether oxygens (including phenoxy) is 1. The smallest absolute Gasteiger partial charge is 0.261 e. The van der Waals surface area contributed by atoms with Gasteiger partial charge < -0.3 is 4.74 Å². The molecule has 20 heavy (non-hydrogen) atoms. The van der Waals surface area contributed by atoms with Crippen LogP contribution in [0.4, 0.5) is 4.39 Å². The summed E-state index contributed by atoms with van der Waals surface area (Å²) in [7, 11) is -2.16. The average Bonchev–Trinajstić information content (AvgIpc) is 2.29. The standard InChI is InChI=1S/C11H14ClFO5S2/c1-2-6-19(14,15)7-5-18-11-4-3-9(8-10(11)13)20(12,16)17/h3-4,8H,2,5-7H2,1H3. The zero-order valence-corrected chi connectivity index (χ0v) is 13.1. The largest absolute Gasteiger partial charge is 0.489 e. The lowest BCUT2D eigenvalue weighted by atomic mass is 10.3. The van der Waals surface area contributed by atoms with E-state index in [9.17, 15) is 21.2 Å². The van der Waals surface area contributed by atoms with Gasteiger partial charge in [0.2, 0.25) is 0 Å². The van der Waals surface area contributed by atoms with Gasteiger partial charge in [-0.05, 0) is 24.6 Å². The van der Waals surface area contributed by atoms with Crippen LogP contribution in [0.5, 0.6) is 5.75 Å². The van der Waals surface area contributed by atoms with Crippen LogP contribution in [0.15, 0.2) is 23.1 Å². The molecule has 0 bridgehead atoms. The van der Waals surface area contributed by atoms with E-state index in [2.05, 4.69) is 0 Å². The Hall–Kier alpha value is -0.860. The van der Waals surface area contributed by atoms with Crippen molar-refractivity contribution < 1.29 is 26.0 Å². The van der Waals surface area contributed by atoms with Gasteiger partial charge >= 0.3 is 0 Å². The molecule has 0 unspecified atom stereocenters. The van der Waals surface area contributed by atoms with Gasteiger partial charge in [-0.2, -0.15) is 0 Å². The predicted molar refractivity (Wildman–Crippen MR) is 73.9 cm³/mol. The van der Waals surface area contributed by atoms with Gasteiger partial charge in [0.25, 0.3) is 9.05 Å². The molecule has 0 amide bonds. The first kappa shape index (κ1) is 17.2. The molecular weight excluding hydrogens is 331 g/mol. The second kappa shape index (κ2) is 6.73. The quantitative estimate of drug-likeness (QED) is 0.706. The molecule has 0 aliphatic rings. The normalized spacial score (nSPS) is 12.3. The highest BCUT2D eigenvalue weighted by Gasteiger charge is 2.15. The molecule has 0 saturated heterocycles. The van der Waals surface area contributed by atoms with E-state index in [0.717, 1.165) is 18.2 Å². The van der Waals surface area contributed by atoms with Gasteiger partial charge in [0.1, 0.15) is 6.61 Å². The van der Waals surface area contributed by atoms with Crippen molar-refractivity contribution in [3.8, 4) is 5.75 Å². The molecule has 0 radical (unpaired) electrons. The number of hydrogen-bond acceptors (Lipinski definition) is 5. The fourth-order valence-electron chi connectivity index (χ4n) is 1.44. The first-order chi connectivity index (χ1) is 9.15. The zero-order valence-electron chi connectivity index (χ0n) is 10.7. The van der Waals surface area contributed by atoms with Crippen LogP contribution in [0.25, 0.3) is 0 Å². The maximum absolute atomic E-state index is 13.6. The molecule has 0 aromatic heterocycles. The van der Waals surface area contributed by atoms with Gasteiger partial charge in [-0.1, -0.05) is 6.92 Å². The highest BCUT2D eigenvalue weighted by molar-refractivity contribution is 8.13. The molecule has 5 nitrogen and oxygen atoms in total. The summed E-state index contributed by atoms with van der Waals surface area (Å²) in [6.45, 7) is 1.54. The first-order valence-electron chi connectivity index (χ1n) is 5.73. The van der Waals surface area contributed by atoms with E-state index in [4.69, 9.17) is 15.4 Å². The number of benzene rings is 1. The van der Waals surface area contributed by atoms with E-state index in [1.165, 1.54) is 0 Å². The second-order valence-electron chi connectivity index (χ2n) is 4.03. The Labute approximate surface area is 122 Å². The third kappa shape index (κ3) is 5.26. The molecule has 0 fully saturated rings. The Balaban J connectivity index is 2.71. The highest BCUT2D eigenvalue weighted by Crippen LogP contribution is 2.23. The molecule has 0 aliphatic heterocycles. The van der Waals surface area contributed by atoms with Crippen molar-refractivity contribution in [3.05, 3.63) is 24.0 Å². The van der Waals surface area contributed by atoms with Crippen molar-refractivity contribution in [3.63, 3.8) is 0 Å². The number of sulfone groups is 1. The maximum Gasteiger partial charge on any atom is 0.261 e. The van der Waals surface area contributed by atoms with Gasteiger partial charge in [-0.15, -0.1) is 0 Å². The monoisotopic (exact) mass is 344 g/mol. The lowest BCUT2D eigenvalue weighted by molar-refractivity contribution is 0.321. The van der Waals surface area contributed by atoms with E-state index in [-0.39, 0.29) is 28.8 Å². The SMILES string of the molecule is CCCS(=O)(=O)CCOc1ccc(S(=O)(=O)Cl)cc1F. The zero-order chi connectivity index (χ0) is 15.4. The summed E-state index contributed by atoms with van der Waals surface area (Å²) in [6, 6.07) is 2.90. The highest BCUT2D eigenvalue weighted by atomic mass is 35.7. The fraction of sp³-hybridized carbons (Fsp3) is 0.455. The van der Waals surface area contributed by atoms with Crippen LogP contribution >= 0.6 is 10.7 Å². The van der Waals surface area contributed by atoms with Crippen molar-refractivity contribution >= 4 is 29.6 Å². The van der Waals surface area contributed by atoms with E-state index >= 15 is 0 Å². The molecule has 0 atom stereocenters. The lowest BCUT2D eigenvalue weighted by Gasteiger charge is -2.08. The predicted octanol–water partition coefficient (Wildman–Crippen LogP) is 1.96. The van der Waals surface area contributed by atoms with Crippen LogP contribution in [0.1, 0.15) is 13.3 Å². The third-order valence-electron chi connectivity index (χ3n) is 2.35. The van der Waals surface area contributed by atoms with Gasteiger partial charge in [-0.3, -0.25) is 0 Å². The van der Waals surface area contributed by atoms with Crippen molar-refractivity contribution in [2.45, 2.75) is 18.2 Å². The van der Waals surface area contributed by atoms with E-state index in [0.29, 0.717) is 6.42 Å². The number of halogens is 2. The Bertz CT molecular complexity index is 670. The van der Waals surface area contributed by atoms with Crippen molar-refractivity contribution in [2.24, 2.45) is 0 Å². The first-order valence-corrected chi connectivity index (χ1v) is 9.86. The molecule has 0 aliphatic carbocycles. The van der Waals surface area contributed by atoms with Crippen LogP contribution in [0.3, 0.4) is 0 Å². The van der Waals surface area contributed by atoms with E-state index in [1.54, 1.807) is 6.92 Å². The average molecular weight is 345 g/mol. The molecule has 9 heteroatoms. The fourth-order valence-corrected chi connectivity index (χ4v) is 3.37. The second-order valence-corrected chi connectivity index (χ2v) is 8.90. The van der Waals surface area contributed by atoms with E-state index < -0.39 is 24.7 Å². The summed E-state index contributed by atoms with van der Waals surface area (Å²) >= 11 is 0. The molecule has 0 heterocycles. The van der Waals surface area contributed by atoms with Gasteiger partial charge in [0.05, 0.1) is 16.4 Å². The number of rotatable bonds is 7. The van der Waals surface area contributed by atoms with Crippen LogP contribution < -0.4 is 4.74 Å². The minimum Gasteiger partial charge on any atom is -0.489 e. The Morgan fingerprint density at radius 3 is 2.35 bits per heavy atom. The van der Waals surface area contributed by atoms with Crippen LogP contribution in [-0.4, -0.2) is 34.9 Å². The molecule has 1 aromatic carbocycles. The molecule has 0 N–H and O–H groups in total. The van der Waals surface area contributed by atoms with Gasteiger partial charge in [-0.25, -0.2) is 21.2 Å². The lowest BCUT2D eigenvalue weighted by Crippen LogP contribution is -2.17. The molecule has 0 spiro atoms. The number of hydrogen-bond donors (Lipinski definition) is 0. The van der Waals surface area contributed by atoms with Crippen LogP contribution in [0.2, 0.25) is 0 Å². The molecule has 0 saturated carbocycles. The summed E-state index contributed by atoms with van der Waals surface area (Å²) < 4.78 is 63.4. The minimum absolute atomic E-state index is 0.0439. The summed E-state index contributed by atoms with van der Waals surface area (Å²) in [5, 5.41) is 0. The van der Waals surface area contributed by atoms with E-state index in [1.807, 2.05) is 0 Å². The van der Waals surface area contributed by atoms with Gasteiger partial charge in [0, 0.05) is 10.7 Å². The summed E-state index contributed by atoms with van der Waals surface area (Å²) in [4.78, 5) is -0.386. The van der Waals surface area contributed by atoms with Crippen molar-refractivity contribution in [1.82, 2.24) is 0 Å². The molecular formula is C11H14ClFO5S2. The molecule has 1 rings (SSSR count). The Morgan fingerprint density at radius 1 is 1.20 bits per heavy atom. The topological polar surface area (TPSA) is 77.5 Å². The molecule has 1 aromatic rings. The summed E-state index contributed by atoms with van der Waals surface area (Å²) in [5.41, 5.74) is 0. The van der Waals surface area contributed by atoms with Gasteiger partial charge in [0.15, 0.2) is 21.4 Å². The Morgan fingerprint density at radius 2 is 1.85 bits per heavy atom. The van der Waals surface area contributed by atoms with Crippen LogP contribution in [0, 0.1) is 5.82 Å². The minimum atomic E-state index is -4.01. The van der Waals surface area contributed by atoms with Crippen molar-refractivity contribution in [2.75, 3.05) is 18.1 Å². The summed E-state index contributed by atoms with van der Waals surface area (Å²) in [5.74, 6) is -1.32. The Kier molecular flexibility index (Phi) is 5.79. The molecule has 114 valence electrons. The third-order valence-corrected chi connectivity index (χ3v) is 5.52. The van der Waals surface area contributed by atoms with Crippen LogP contribution in [-0.2, 0) is 18.9 Å². The maximum atomic E-state index is 13.6. The van der Waals surface area contributed by atoms with Crippen molar-refractivity contribution in [1.29, 1.82) is 0 Å².